The molecule has 0 N–H and O–H groups in total. The summed E-state index contributed by atoms with van der Waals surface area (Å²) in [4.78, 5) is 4.81. The topological polar surface area (TPSA) is 19.6 Å². The van der Waals surface area contributed by atoms with Crippen molar-refractivity contribution in [1.82, 2.24) is 0 Å². The Morgan fingerprint density at radius 3 is 1.56 bits per heavy atom. The fourth-order valence-electron chi connectivity index (χ4n) is 7.57. The minimum Gasteiger partial charge on any atom is -0.455 e. The maximum Gasteiger partial charge on any atom is 0.145 e. The molecule has 10 aromatic rings. The van der Waals surface area contributed by atoms with Gasteiger partial charge in [0.25, 0.3) is 0 Å². The number of nitrogens with zero attached hydrogens (tertiary/aromatic N) is 2. The van der Waals surface area contributed by atoms with Crippen LogP contribution in [0.15, 0.2) is 199 Å². The molecule has 0 unspecified atom stereocenters. The van der Waals surface area contributed by atoms with Crippen LogP contribution in [-0.4, -0.2) is 0 Å². The van der Waals surface area contributed by atoms with Crippen LogP contribution in [0.3, 0.4) is 0 Å². The average Bonchev–Trinajstić information content (AvgIpc) is 3.80. The van der Waals surface area contributed by atoms with Gasteiger partial charge in [-0.3, -0.25) is 0 Å². The first-order valence-electron chi connectivity index (χ1n) is 17.5. The van der Waals surface area contributed by atoms with E-state index < -0.39 is 0 Å². The Bertz CT molecular complexity index is 2810. The van der Waals surface area contributed by atoms with Crippen molar-refractivity contribution in [3.8, 4) is 11.1 Å². The highest BCUT2D eigenvalue weighted by Crippen LogP contribution is 2.52. The fraction of sp³-hybridized carbons (Fsp3) is 0. The van der Waals surface area contributed by atoms with Crippen molar-refractivity contribution in [2.24, 2.45) is 0 Å². The van der Waals surface area contributed by atoms with E-state index in [2.05, 4.69) is 198 Å². The Morgan fingerprint density at radius 2 is 0.885 bits per heavy atom. The van der Waals surface area contributed by atoms with Crippen LogP contribution in [0.4, 0.5) is 34.1 Å². The molecule has 0 aliphatic rings. The SMILES string of the molecule is c1ccc(-c2ccc(N(c3ccccc3)c3ccc(N(c4ccccc4)c4ccccc4)c4c3sc3ccccc34)c3c2oc2ccccc23)cc1. The van der Waals surface area contributed by atoms with Crippen LogP contribution < -0.4 is 9.80 Å². The van der Waals surface area contributed by atoms with Gasteiger partial charge in [-0.1, -0.05) is 121 Å². The molecule has 0 fully saturated rings. The Kier molecular flexibility index (Phi) is 7.33. The lowest BCUT2D eigenvalue weighted by Gasteiger charge is -2.30. The van der Waals surface area contributed by atoms with Crippen LogP contribution in [0.2, 0.25) is 0 Å². The molecule has 0 saturated heterocycles. The molecule has 0 saturated carbocycles. The smallest absolute Gasteiger partial charge is 0.145 e. The average molecular weight is 685 g/mol. The molecule has 3 nitrogen and oxygen atoms in total. The summed E-state index contributed by atoms with van der Waals surface area (Å²) in [5.74, 6) is 0. The molecule has 0 radical (unpaired) electrons. The maximum atomic E-state index is 6.75. The van der Waals surface area contributed by atoms with Crippen LogP contribution in [0, 0.1) is 0 Å². The highest BCUT2D eigenvalue weighted by atomic mass is 32.1. The number of hydrogen-bond acceptors (Lipinski definition) is 4. The van der Waals surface area contributed by atoms with Crippen LogP contribution in [0.25, 0.3) is 53.2 Å². The molecule has 246 valence electrons. The molecular formula is C48H32N2OS. The van der Waals surface area contributed by atoms with Crippen molar-refractivity contribution < 1.29 is 4.42 Å². The molecule has 0 aliphatic heterocycles. The van der Waals surface area contributed by atoms with E-state index >= 15 is 0 Å². The summed E-state index contributed by atoms with van der Waals surface area (Å²) in [7, 11) is 0. The molecular weight excluding hydrogens is 653 g/mol. The molecule has 8 aromatic carbocycles. The molecule has 0 bridgehead atoms. The third kappa shape index (κ3) is 4.96. The number of thiophene rings is 1. The third-order valence-electron chi connectivity index (χ3n) is 9.84. The van der Waals surface area contributed by atoms with Crippen molar-refractivity contribution in [2.75, 3.05) is 9.80 Å². The predicted molar refractivity (Wildman–Crippen MR) is 221 cm³/mol. The number of para-hydroxylation sites is 4. The molecule has 52 heavy (non-hydrogen) atoms. The quantitative estimate of drug-likeness (QED) is 0.167. The van der Waals surface area contributed by atoms with Gasteiger partial charge in [0.2, 0.25) is 0 Å². The Morgan fingerprint density at radius 1 is 0.385 bits per heavy atom. The Labute approximate surface area is 305 Å². The lowest BCUT2D eigenvalue weighted by Crippen LogP contribution is -2.13. The normalized spacial score (nSPS) is 11.5. The molecule has 0 aliphatic carbocycles. The summed E-state index contributed by atoms with van der Waals surface area (Å²) in [5, 5.41) is 4.65. The Balaban J connectivity index is 1.30. The van der Waals surface area contributed by atoms with Gasteiger partial charge in [0.05, 0.1) is 27.1 Å². The van der Waals surface area contributed by atoms with Crippen molar-refractivity contribution in [2.45, 2.75) is 0 Å². The number of furan rings is 1. The van der Waals surface area contributed by atoms with E-state index in [1.165, 1.54) is 20.2 Å². The minimum atomic E-state index is 0.874. The van der Waals surface area contributed by atoms with Crippen LogP contribution in [0.1, 0.15) is 0 Å². The van der Waals surface area contributed by atoms with Gasteiger partial charge < -0.3 is 14.2 Å². The molecule has 2 aromatic heterocycles. The first-order valence-corrected chi connectivity index (χ1v) is 18.3. The van der Waals surface area contributed by atoms with E-state index in [1.807, 2.05) is 17.4 Å². The molecule has 10 rings (SSSR count). The zero-order valence-corrected chi connectivity index (χ0v) is 29.0. The standard InChI is InChI=1S/C48H32N2OS/c1-5-17-33(18-6-1)37-29-30-40(45-38-25-13-15-27-43(38)51-47(37)45)50(36-23-11-4-12-24-36)42-32-31-41(46-39-26-14-16-28-44(39)52-48(42)46)49(34-19-7-2-8-20-34)35-21-9-3-10-22-35/h1-32H. The third-order valence-corrected chi connectivity index (χ3v) is 11.0. The van der Waals surface area contributed by atoms with Crippen molar-refractivity contribution in [1.29, 1.82) is 0 Å². The number of benzene rings is 8. The van der Waals surface area contributed by atoms with Crippen molar-refractivity contribution in [3.05, 3.63) is 194 Å². The van der Waals surface area contributed by atoms with E-state index in [0.29, 0.717) is 0 Å². The van der Waals surface area contributed by atoms with E-state index in [-0.39, 0.29) is 0 Å². The minimum absolute atomic E-state index is 0.874. The zero-order chi connectivity index (χ0) is 34.4. The van der Waals surface area contributed by atoms with Crippen LogP contribution in [-0.2, 0) is 0 Å². The number of rotatable bonds is 7. The summed E-state index contributed by atoms with van der Waals surface area (Å²) in [5.41, 5.74) is 10.6. The van der Waals surface area contributed by atoms with Crippen molar-refractivity contribution in [3.63, 3.8) is 0 Å². The summed E-state index contributed by atoms with van der Waals surface area (Å²) in [6.07, 6.45) is 0. The van der Waals surface area contributed by atoms with E-state index in [4.69, 9.17) is 4.42 Å². The molecule has 2 heterocycles. The second-order valence-electron chi connectivity index (χ2n) is 12.9. The van der Waals surface area contributed by atoms with Gasteiger partial charge in [0.1, 0.15) is 11.2 Å². The number of fused-ring (bicyclic) bond motifs is 6. The second kappa shape index (κ2) is 12.6. The second-order valence-corrected chi connectivity index (χ2v) is 13.9. The van der Waals surface area contributed by atoms with Gasteiger partial charge in [0, 0.05) is 43.5 Å². The van der Waals surface area contributed by atoms with Gasteiger partial charge in [-0.05, 0) is 78.4 Å². The molecule has 0 atom stereocenters. The largest absolute Gasteiger partial charge is 0.455 e. The monoisotopic (exact) mass is 684 g/mol. The highest BCUT2D eigenvalue weighted by molar-refractivity contribution is 7.26. The van der Waals surface area contributed by atoms with Gasteiger partial charge in [-0.15, -0.1) is 11.3 Å². The van der Waals surface area contributed by atoms with Gasteiger partial charge in [-0.2, -0.15) is 0 Å². The van der Waals surface area contributed by atoms with E-state index in [9.17, 15) is 0 Å². The lowest BCUT2D eigenvalue weighted by atomic mass is 9.99. The summed E-state index contributed by atoms with van der Waals surface area (Å²) in [6, 6.07) is 68.9. The summed E-state index contributed by atoms with van der Waals surface area (Å²) in [6.45, 7) is 0. The molecule has 4 heteroatoms. The molecule has 0 spiro atoms. The fourth-order valence-corrected chi connectivity index (χ4v) is 8.79. The maximum absolute atomic E-state index is 6.75. The number of anilines is 6. The van der Waals surface area contributed by atoms with Crippen LogP contribution >= 0.6 is 11.3 Å². The predicted octanol–water partition coefficient (Wildman–Crippen LogP) is 14.6. The summed E-state index contributed by atoms with van der Waals surface area (Å²) < 4.78 is 9.22. The van der Waals surface area contributed by atoms with Crippen LogP contribution in [0.5, 0.6) is 0 Å². The summed E-state index contributed by atoms with van der Waals surface area (Å²) >= 11 is 1.85. The lowest BCUT2D eigenvalue weighted by molar-refractivity contribution is 0.670. The van der Waals surface area contributed by atoms with E-state index in [0.717, 1.165) is 67.2 Å². The molecule has 0 amide bonds. The number of hydrogen-bond donors (Lipinski definition) is 0. The first-order chi connectivity index (χ1) is 25.8. The first kappa shape index (κ1) is 30.2. The van der Waals surface area contributed by atoms with Gasteiger partial charge in [0.15, 0.2) is 0 Å². The highest BCUT2D eigenvalue weighted by Gasteiger charge is 2.26. The Hall–Kier alpha value is -6.62. The zero-order valence-electron chi connectivity index (χ0n) is 28.2. The van der Waals surface area contributed by atoms with Gasteiger partial charge in [-0.25, -0.2) is 0 Å². The van der Waals surface area contributed by atoms with Crippen molar-refractivity contribution >= 4 is 87.6 Å². The van der Waals surface area contributed by atoms with Gasteiger partial charge >= 0.3 is 0 Å². The van der Waals surface area contributed by atoms with E-state index in [1.54, 1.807) is 0 Å².